The highest BCUT2D eigenvalue weighted by molar-refractivity contribution is 5.75. The molecular weight excluding hydrogens is 296 g/mol. The molecule has 2 fully saturated rings. The second-order valence-corrected chi connectivity index (χ2v) is 8.34. The third-order valence-electron chi connectivity index (χ3n) is 5.10. The van der Waals surface area contributed by atoms with Gasteiger partial charge in [-0.3, -0.25) is 9.69 Å². The van der Waals surface area contributed by atoms with Crippen LogP contribution in [-0.4, -0.2) is 65.3 Å². The first-order valence-corrected chi connectivity index (χ1v) is 8.45. The molecule has 1 N–H and O–H groups in total. The van der Waals surface area contributed by atoms with Crippen molar-refractivity contribution in [3.05, 3.63) is 0 Å². The maximum atomic E-state index is 12.0. The van der Waals surface area contributed by atoms with Crippen molar-refractivity contribution in [3.8, 4) is 0 Å². The van der Waals surface area contributed by atoms with E-state index in [1.54, 1.807) is 4.90 Å². The van der Waals surface area contributed by atoms with E-state index in [-0.39, 0.29) is 23.3 Å². The van der Waals surface area contributed by atoms with E-state index in [4.69, 9.17) is 4.74 Å². The lowest BCUT2D eigenvalue weighted by Crippen LogP contribution is -2.50. The highest BCUT2D eigenvalue weighted by atomic mass is 16.6. The molecule has 0 bridgehead atoms. The van der Waals surface area contributed by atoms with Crippen LogP contribution in [0, 0.1) is 17.3 Å². The molecule has 0 unspecified atom stereocenters. The third kappa shape index (κ3) is 4.37. The summed E-state index contributed by atoms with van der Waals surface area (Å²) in [7, 11) is 0. The van der Waals surface area contributed by atoms with Crippen molar-refractivity contribution in [1.29, 1.82) is 0 Å². The van der Waals surface area contributed by atoms with Crippen molar-refractivity contribution >= 4 is 12.1 Å². The van der Waals surface area contributed by atoms with Crippen molar-refractivity contribution in [2.45, 2.75) is 46.6 Å². The second-order valence-electron chi connectivity index (χ2n) is 8.34. The molecule has 0 spiro atoms. The number of rotatable bonds is 4. The molecule has 1 saturated carbocycles. The predicted octanol–water partition coefficient (Wildman–Crippen LogP) is 2.29. The van der Waals surface area contributed by atoms with E-state index in [0.29, 0.717) is 13.1 Å². The first kappa shape index (κ1) is 18.0. The number of amides is 1. The first-order chi connectivity index (χ1) is 10.5. The molecule has 23 heavy (non-hydrogen) atoms. The van der Waals surface area contributed by atoms with Gasteiger partial charge in [0.2, 0.25) is 0 Å². The largest absolute Gasteiger partial charge is 0.481 e. The van der Waals surface area contributed by atoms with Crippen LogP contribution in [-0.2, 0) is 9.53 Å². The Labute approximate surface area is 138 Å². The van der Waals surface area contributed by atoms with Crippen LogP contribution in [0.3, 0.4) is 0 Å². The highest BCUT2D eigenvalue weighted by Gasteiger charge is 2.61. The summed E-state index contributed by atoms with van der Waals surface area (Å²) >= 11 is 0. The Morgan fingerprint density at radius 3 is 2.17 bits per heavy atom. The van der Waals surface area contributed by atoms with Gasteiger partial charge >= 0.3 is 12.1 Å². The fraction of sp³-hybridized carbons (Fsp3) is 0.882. The van der Waals surface area contributed by atoms with Gasteiger partial charge in [0.1, 0.15) is 5.60 Å². The molecule has 132 valence electrons. The molecule has 1 amide bonds. The summed E-state index contributed by atoms with van der Waals surface area (Å²) in [6, 6.07) is 0. The van der Waals surface area contributed by atoms with Gasteiger partial charge in [-0.2, -0.15) is 0 Å². The summed E-state index contributed by atoms with van der Waals surface area (Å²) in [5.41, 5.74) is -0.540. The van der Waals surface area contributed by atoms with Crippen LogP contribution < -0.4 is 0 Å². The molecule has 0 aromatic rings. The smallest absolute Gasteiger partial charge is 0.410 e. The SMILES string of the molecule is CC(C)(C)OC(=O)N1CCN(CC[C@@H]2[C@@H](C(=O)O)C2(C)C)CC1. The normalized spacial score (nSPS) is 27.6. The van der Waals surface area contributed by atoms with Gasteiger partial charge in [-0.05, 0) is 45.1 Å². The van der Waals surface area contributed by atoms with E-state index in [2.05, 4.69) is 4.90 Å². The summed E-state index contributed by atoms with van der Waals surface area (Å²) in [5, 5.41) is 9.21. The number of aliphatic carboxylic acids is 1. The fourth-order valence-electron chi connectivity index (χ4n) is 3.58. The monoisotopic (exact) mass is 326 g/mol. The van der Waals surface area contributed by atoms with Gasteiger partial charge in [-0.25, -0.2) is 4.79 Å². The number of hydrogen-bond acceptors (Lipinski definition) is 4. The Kier molecular flexibility index (Phi) is 4.95. The maximum Gasteiger partial charge on any atom is 0.410 e. The van der Waals surface area contributed by atoms with Crippen LogP contribution in [0.25, 0.3) is 0 Å². The van der Waals surface area contributed by atoms with Gasteiger partial charge in [-0.15, -0.1) is 0 Å². The number of ether oxygens (including phenoxy) is 1. The molecular formula is C17H30N2O4. The van der Waals surface area contributed by atoms with E-state index in [1.165, 1.54) is 0 Å². The van der Waals surface area contributed by atoms with Crippen molar-refractivity contribution in [3.63, 3.8) is 0 Å². The summed E-state index contributed by atoms with van der Waals surface area (Å²) in [4.78, 5) is 27.3. The molecule has 1 aliphatic heterocycles. The summed E-state index contributed by atoms with van der Waals surface area (Å²) in [6.07, 6.45) is 0.669. The standard InChI is InChI=1S/C17H30N2O4/c1-16(2,3)23-15(22)19-10-8-18(9-11-19)7-6-12-13(14(20)21)17(12,4)5/h12-13H,6-11H2,1-5H3,(H,20,21)/t12-,13+/m1/s1. The van der Waals surface area contributed by atoms with Gasteiger partial charge < -0.3 is 14.7 Å². The first-order valence-electron chi connectivity index (χ1n) is 8.45. The van der Waals surface area contributed by atoms with Crippen LogP contribution in [0.5, 0.6) is 0 Å². The van der Waals surface area contributed by atoms with Crippen molar-refractivity contribution in [2.75, 3.05) is 32.7 Å². The maximum absolute atomic E-state index is 12.0. The van der Waals surface area contributed by atoms with E-state index >= 15 is 0 Å². The van der Waals surface area contributed by atoms with E-state index in [0.717, 1.165) is 26.1 Å². The quantitative estimate of drug-likeness (QED) is 0.858. The molecule has 2 aliphatic rings. The summed E-state index contributed by atoms with van der Waals surface area (Å²) < 4.78 is 5.39. The Morgan fingerprint density at radius 2 is 1.74 bits per heavy atom. The molecule has 1 heterocycles. The highest BCUT2D eigenvalue weighted by Crippen LogP contribution is 2.59. The molecule has 1 aliphatic carbocycles. The van der Waals surface area contributed by atoms with Crippen molar-refractivity contribution < 1.29 is 19.4 Å². The lowest BCUT2D eigenvalue weighted by molar-refractivity contribution is -0.139. The number of carbonyl (C=O) groups is 2. The Morgan fingerprint density at radius 1 is 1.17 bits per heavy atom. The lowest BCUT2D eigenvalue weighted by Gasteiger charge is -2.35. The van der Waals surface area contributed by atoms with Crippen molar-refractivity contribution in [2.24, 2.45) is 17.3 Å². The van der Waals surface area contributed by atoms with Gasteiger partial charge in [0.05, 0.1) is 5.92 Å². The van der Waals surface area contributed by atoms with Gasteiger partial charge in [0.25, 0.3) is 0 Å². The topological polar surface area (TPSA) is 70.1 Å². The fourth-order valence-corrected chi connectivity index (χ4v) is 3.58. The van der Waals surface area contributed by atoms with E-state index in [9.17, 15) is 14.7 Å². The summed E-state index contributed by atoms with van der Waals surface area (Å²) in [5.74, 6) is -0.607. The Balaban J connectivity index is 1.72. The minimum atomic E-state index is -0.672. The number of piperazine rings is 1. The zero-order chi connectivity index (χ0) is 17.4. The molecule has 2 atom stereocenters. The minimum Gasteiger partial charge on any atom is -0.481 e. The number of carboxylic acid groups (broad SMARTS) is 1. The predicted molar refractivity (Wildman–Crippen MR) is 87.3 cm³/mol. The van der Waals surface area contributed by atoms with Crippen LogP contribution in [0.15, 0.2) is 0 Å². The van der Waals surface area contributed by atoms with Crippen LogP contribution in [0.4, 0.5) is 4.79 Å². The average Bonchev–Trinajstić information content (AvgIpc) is 2.97. The third-order valence-corrected chi connectivity index (χ3v) is 5.10. The molecule has 0 radical (unpaired) electrons. The van der Waals surface area contributed by atoms with Gasteiger partial charge in [0, 0.05) is 26.2 Å². The van der Waals surface area contributed by atoms with E-state index < -0.39 is 11.6 Å². The van der Waals surface area contributed by atoms with Crippen molar-refractivity contribution in [1.82, 2.24) is 9.80 Å². The average molecular weight is 326 g/mol. The van der Waals surface area contributed by atoms with Gasteiger partial charge in [0.15, 0.2) is 0 Å². The number of nitrogens with zero attached hydrogens (tertiary/aromatic N) is 2. The molecule has 0 aromatic carbocycles. The molecule has 0 aromatic heterocycles. The molecule has 6 heteroatoms. The number of carboxylic acids is 1. The zero-order valence-electron chi connectivity index (χ0n) is 15.0. The minimum absolute atomic E-state index is 0.0792. The zero-order valence-corrected chi connectivity index (χ0v) is 15.0. The number of carbonyl (C=O) groups excluding carboxylic acids is 1. The second kappa shape index (κ2) is 6.30. The van der Waals surface area contributed by atoms with Crippen LogP contribution in [0.1, 0.15) is 41.0 Å². The van der Waals surface area contributed by atoms with Crippen LogP contribution in [0.2, 0.25) is 0 Å². The Bertz CT molecular complexity index is 462. The molecule has 2 rings (SSSR count). The lowest BCUT2D eigenvalue weighted by atomic mass is 10.1. The Hall–Kier alpha value is -1.30. The van der Waals surface area contributed by atoms with Gasteiger partial charge in [-0.1, -0.05) is 13.8 Å². The summed E-state index contributed by atoms with van der Waals surface area (Å²) in [6.45, 7) is 13.6. The molecule has 6 nitrogen and oxygen atoms in total. The van der Waals surface area contributed by atoms with E-state index in [1.807, 2.05) is 34.6 Å². The van der Waals surface area contributed by atoms with Crippen LogP contribution >= 0.6 is 0 Å². The molecule has 1 saturated heterocycles. The number of hydrogen-bond donors (Lipinski definition) is 1.